The number of aromatic nitrogens is 3. The zero-order valence-corrected chi connectivity index (χ0v) is 18.3. The van der Waals surface area contributed by atoms with Gasteiger partial charge in [-0.15, -0.1) is 10.2 Å². The first-order valence-corrected chi connectivity index (χ1v) is 10.4. The van der Waals surface area contributed by atoms with Gasteiger partial charge >= 0.3 is 0 Å². The fourth-order valence-corrected chi connectivity index (χ4v) is 3.20. The van der Waals surface area contributed by atoms with E-state index in [1.165, 1.54) is 11.8 Å². The van der Waals surface area contributed by atoms with Crippen LogP contribution in [0.1, 0.15) is 39.6 Å². The van der Waals surface area contributed by atoms with Crippen molar-refractivity contribution in [2.75, 3.05) is 19.8 Å². The van der Waals surface area contributed by atoms with Crippen molar-refractivity contribution in [1.29, 1.82) is 0 Å². The maximum atomic E-state index is 12.3. The number of thioether (sulfide) groups is 1. The van der Waals surface area contributed by atoms with Gasteiger partial charge in [0.1, 0.15) is 0 Å². The van der Waals surface area contributed by atoms with Crippen LogP contribution in [0.4, 0.5) is 0 Å². The number of amides is 1. The zero-order chi connectivity index (χ0) is 20.1. The molecule has 0 fully saturated rings. The molecule has 6 nitrogen and oxygen atoms in total. The van der Waals surface area contributed by atoms with Gasteiger partial charge in [-0.2, -0.15) is 0 Å². The van der Waals surface area contributed by atoms with E-state index in [-0.39, 0.29) is 18.0 Å². The molecule has 1 amide bonds. The predicted octanol–water partition coefficient (Wildman–Crippen LogP) is 3.80. The Balaban J connectivity index is 2.26. The average molecular weight is 410 g/mol. The summed E-state index contributed by atoms with van der Waals surface area (Å²) < 4.78 is 1.99. The van der Waals surface area contributed by atoms with Crippen molar-refractivity contribution in [3.8, 4) is 5.69 Å². The Morgan fingerprint density at radius 3 is 2.37 bits per heavy atom. The largest absolute Gasteiger partial charge is 0.353 e. The summed E-state index contributed by atoms with van der Waals surface area (Å²) in [7, 11) is 4.00. The lowest BCUT2D eigenvalue weighted by Gasteiger charge is -2.20. The highest BCUT2D eigenvalue weighted by molar-refractivity contribution is 7.99. The van der Waals surface area contributed by atoms with Gasteiger partial charge in [-0.25, -0.2) is 0 Å². The van der Waals surface area contributed by atoms with Gasteiger partial charge in [0.15, 0.2) is 11.0 Å². The van der Waals surface area contributed by atoms with E-state index in [0.717, 1.165) is 11.5 Å². The van der Waals surface area contributed by atoms with Crippen molar-refractivity contribution >= 4 is 29.3 Å². The normalized spacial score (nSPS) is 13.8. The Morgan fingerprint density at radius 1 is 1.19 bits per heavy atom. The summed E-state index contributed by atoms with van der Waals surface area (Å²) in [5, 5.41) is 13.1. The second-order valence-corrected chi connectivity index (χ2v) is 8.56. The lowest BCUT2D eigenvalue weighted by atomic mass is 10.1. The first-order chi connectivity index (χ1) is 12.7. The minimum Gasteiger partial charge on any atom is -0.353 e. The second-order valence-electron chi connectivity index (χ2n) is 7.18. The van der Waals surface area contributed by atoms with Crippen LogP contribution in [0.2, 0.25) is 5.02 Å². The van der Waals surface area contributed by atoms with Gasteiger partial charge in [0.05, 0.1) is 11.8 Å². The molecule has 2 rings (SSSR count). The van der Waals surface area contributed by atoms with Gasteiger partial charge in [-0.3, -0.25) is 14.3 Å². The third-order valence-electron chi connectivity index (χ3n) is 4.61. The van der Waals surface area contributed by atoms with Gasteiger partial charge in [-0.05, 0) is 58.1 Å². The lowest BCUT2D eigenvalue weighted by molar-refractivity contribution is -0.119. The van der Waals surface area contributed by atoms with Crippen LogP contribution in [0.3, 0.4) is 0 Å². The highest BCUT2D eigenvalue weighted by Gasteiger charge is 2.22. The van der Waals surface area contributed by atoms with E-state index < -0.39 is 0 Å². The van der Waals surface area contributed by atoms with Gasteiger partial charge in [0.2, 0.25) is 5.91 Å². The number of carbonyl (C=O) groups excluding carboxylic acids is 1. The Morgan fingerprint density at radius 2 is 1.81 bits per heavy atom. The van der Waals surface area contributed by atoms with E-state index >= 15 is 0 Å². The van der Waals surface area contributed by atoms with Crippen LogP contribution >= 0.6 is 23.4 Å². The van der Waals surface area contributed by atoms with Crippen molar-refractivity contribution < 1.29 is 4.79 Å². The minimum atomic E-state index is -0.00550. The number of nitrogens with one attached hydrogen (secondary N) is 1. The van der Waals surface area contributed by atoms with Crippen molar-refractivity contribution in [1.82, 2.24) is 25.0 Å². The third kappa shape index (κ3) is 5.70. The molecule has 2 unspecified atom stereocenters. The van der Waals surface area contributed by atoms with Gasteiger partial charge in [0, 0.05) is 16.8 Å². The summed E-state index contributed by atoms with van der Waals surface area (Å²) in [5.74, 6) is 1.50. The first-order valence-electron chi connectivity index (χ1n) is 9.00. The number of hydrogen-bond acceptors (Lipinski definition) is 5. The third-order valence-corrected chi connectivity index (χ3v) is 5.79. The molecule has 0 aliphatic carbocycles. The van der Waals surface area contributed by atoms with E-state index in [1.54, 1.807) is 0 Å². The highest BCUT2D eigenvalue weighted by Crippen LogP contribution is 2.27. The monoisotopic (exact) mass is 409 g/mol. The number of nitrogens with zero attached hydrogens (tertiary/aromatic N) is 4. The zero-order valence-electron chi connectivity index (χ0n) is 16.7. The Hall–Kier alpha value is -1.57. The summed E-state index contributed by atoms with van der Waals surface area (Å²) in [6, 6.07) is 7.75. The summed E-state index contributed by atoms with van der Waals surface area (Å²) in [5.41, 5.74) is 0.923. The molecule has 8 heteroatoms. The predicted molar refractivity (Wildman–Crippen MR) is 112 cm³/mol. The smallest absolute Gasteiger partial charge is 0.230 e. The maximum Gasteiger partial charge on any atom is 0.230 e. The molecule has 2 aromatic rings. The molecule has 2 atom stereocenters. The van der Waals surface area contributed by atoms with E-state index in [4.69, 9.17) is 11.6 Å². The van der Waals surface area contributed by atoms with Crippen LogP contribution in [0.15, 0.2) is 29.4 Å². The molecule has 0 saturated carbocycles. The van der Waals surface area contributed by atoms with Crippen LogP contribution in [0, 0.1) is 5.92 Å². The fraction of sp³-hybridized carbons (Fsp3) is 0.526. The Kier molecular flexibility index (Phi) is 7.70. The summed E-state index contributed by atoms with van der Waals surface area (Å²) in [6.07, 6.45) is 0. The van der Waals surface area contributed by atoms with Crippen molar-refractivity contribution in [3.05, 3.63) is 35.1 Å². The molecule has 0 bridgehead atoms. The number of halogens is 1. The van der Waals surface area contributed by atoms with E-state index in [9.17, 15) is 4.79 Å². The topological polar surface area (TPSA) is 63.1 Å². The summed E-state index contributed by atoms with van der Waals surface area (Å²) in [4.78, 5) is 14.3. The lowest BCUT2D eigenvalue weighted by Crippen LogP contribution is -2.37. The van der Waals surface area contributed by atoms with E-state index in [0.29, 0.717) is 21.8 Å². The van der Waals surface area contributed by atoms with E-state index in [2.05, 4.69) is 41.2 Å². The highest BCUT2D eigenvalue weighted by atomic mass is 35.5. The SMILES string of the molecule is CC(C)C(C)NC(=O)CSc1nnc(C(C)N(C)C)n1-c1ccc(Cl)cc1. The number of carbonyl (C=O) groups is 1. The molecule has 0 aliphatic rings. The average Bonchev–Trinajstić information content (AvgIpc) is 3.03. The first kappa shape index (κ1) is 21.7. The number of hydrogen-bond donors (Lipinski definition) is 1. The Bertz CT molecular complexity index is 760. The molecular weight excluding hydrogens is 382 g/mol. The van der Waals surface area contributed by atoms with Gasteiger partial charge in [-0.1, -0.05) is 37.2 Å². The quantitative estimate of drug-likeness (QED) is 0.672. The molecule has 0 aliphatic heterocycles. The number of benzene rings is 1. The molecule has 148 valence electrons. The molecule has 0 spiro atoms. The van der Waals surface area contributed by atoms with Crippen LogP contribution in [0.5, 0.6) is 0 Å². The standard InChI is InChI=1S/C19H28ClN5OS/c1-12(2)13(3)21-17(26)11-27-19-23-22-18(14(4)24(5)6)25(19)16-9-7-15(20)8-10-16/h7-10,12-14H,11H2,1-6H3,(H,21,26). The molecule has 1 N–H and O–H groups in total. The van der Waals surface area contributed by atoms with Gasteiger partial charge in [0.25, 0.3) is 0 Å². The number of rotatable bonds is 8. The molecular formula is C19H28ClN5OS. The van der Waals surface area contributed by atoms with Crippen molar-refractivity contribution in [2.45, 2.75) is 44.9 Å². The molecule has 1 aromatic carbocycles. The van der Waals surface area contributed by atoms with E-state index in [1.807, 2.05) is 49.9 Å². The molecule has 27 heavy (non-hydrogen) atoms. The van der Waals surface area contributed by atoms with Crippen LogP contribution in [-0.2, 0) is 4.79 Å². The molecule has 0 saturated heterocycles. The maximum absolute atomic E-state index is 12.3. The van der Waals surface area contributed by atoms with Crippen LogP contribution in [0.25, 0.3) is 5.69 Å². The second kappa shape index (κ2) is 9.57. The summed E-state index contributed by atoms with van der Waals surface area (Å²) in [6.45, 7) is 8.26. The molecule has 0 radical (unpaired) electrons. The Labute approximate surface area is 170 Å². The minimum absolute atomic E-state index is 0.00550. The fourth-order valence-electron chi connectivity index (χ4n) is 2.30. The van der Waals surface area contributed by atoms with Gasteiger partial charge < -0.3 is 5.32 Å². The van der Waals surface area contributed by atoms with Crippen molar-refractivity contribution in [3.63, 3.8) is 0 Å². The molecule has 1 heterocycles. The van der Waals surface area contributed by atoms with Crippen LogP contribution < -0.4 is 5.32 Å². The van der Waals surface area contributed by atoms with Crippen LogP contribution in [-0.4, -0.2) is 51.5 Å². The van der Waals surface area contributed by atoms with Crippen molar-refractivity contribution in [2.24, 2.45) is 5.92 Å². The molecule has 1 aromatic heterocycles. The summed E-state index contributed by atoms with van der Waals surface area (Å²) >= 11 is 7.42.